The highest BCUT2D eigenvalue weighted by molar-refractivity contribution is 5.81. The smallest absolute Gasteiger partial charge is 0.363 e. The third kappa shape index (κ3) is 5.16. The number of benzene rings is 2. The zero-order valence-electron chi connectivity index (χ0n) is 15.7. The number of hydrogen-bond acceptors (Lipinski definition) is 7. The van der Waals surface area contributed by atoms with Crippen molar-refractivity contribution in [3.8, 4) is 11.5 Å². The second-order valence-electron chi connectivity index (χ2n) is 5.86. The first-order valence-corrected chi connectivity index (χ1v) is 8.81. The van der Waals surface area contributed by atoms with Crippen LogP contribution in [0.25, 0.3) is 0 Å². The first-order valence-electron chi connectivity index (χ1n) is 8.81. The van der Waals surface area contributed by atoms with Gasteiger partial charge in [-0.3, -0.25) is 5.43 Å². The summed E-state index contributed by atoms with van der Waals surface area (Å²) in [7, 11) is 0. The fourth-order valence-corrected chi connectivity index (χ4v) is 2.39. The van der Waals surface area contributed by atoms with Crippen molar-refractivity contribution in [1.29, 1.82) is 0 Å². The predicted molar refractivity (Wildman–Crippen MR) is 107 cm³/mol. The highest BCUT2D eigenvalue weighted by atomic mass is 16.5. The molecule has 0 fully saturated rings. The van der Waals surface area contributed by atoms with Gasteiger partial charge in [-0.2, -0.15) is 15.2 Å². The van der Waals surface area contributed by atoms with Gasteiger partial charge in [-0.05, 0) is 43.2 Å². The van der Waals surface area contributed by atoms with Crippen LogP contribution in [0.2, 0.25) is 0 Å². The molecule has 28 heavy (non-hydrogen) atoms. The van der Waals surface area contributed by atoms with E-state index < -0.39 is 5.69 Å². The minimum atomic E-state index is -0.540. The van der Waals surface area contributed by atoms with Gasteiger partial charge in [-0.1, -0.05) is 30.3 Å². The summed E-state index contributed by atoms with van der Waals surface area (Å²) in [6.07, 6.45) is 1.60. The Hall–Kier alpha value is -3.68. The zero-order valence-corrected chi connectivity index (χ0v) is 15.7. The molecule has 1 heterocycles. The number of aromatic nitrogens is 3. The van der Waals surface area contributed by atoms with E-state index in [0.29, 0.717) is 36.2 Å². The average molecular weight is 379 g/mol. The van der Waals surface area contributed by atoms with Crippen LogP contribution in [0.15, 0.2) is 58.4 Å². The molecular weight excluding hydrogens is 358 g/mol. The number of aryl methyl sites for hydroxylation is 1. The summed E-state index contributed by atoms with van der Waals surface area (Å²) in [5, 5.41) is 10.2. The largest absolute Gasteiger partial charge is 0.490 e. The Morgan fingerprint density at radius 1 is 1.14 bits per heavy atom. The van der Waals surface area contributed by atoms with E-state index in [0.717, 1.165) is 11.1 Å². The fraction of sp³-hybridized carbons (Fsp3) is 0.200. The van der Waals surface area contributed by atoms with Gasteiger partial charge < -0.3 is 9.47 Å². The maximum absolute atomic E-state index is 11.2. The summed E-state index contributed by atoms with van der Waals surface area (Å²) in [4.78, 5) is 15.0. The summed E-state index contributed by atoms with van der Waals surface area (Å²) in [6.45, 7) is 4.60. The maximum atomic E-state index is 11.2. The van der Waals surface area contributed by atoms with Crippen LogP contribution >= 0.6 is 0 Å². The number of hydrogen-bond donors (Lipinski definition) is 2. The van der Waals surface area contributed by atoms with Gasteiger partial charge >= 0.3 is 5.69 Å². The molecule has 0 atom stereocenters. The summed E-state index contributed by atoms with van der Waals surface area (Å²) in [5.41, 5.74) is 4.60. The molecule has 1 aromatic heterocycles. The molecule has 0 saturated carbocycles. The van der Waals surface area contributed by atoms with Crippen molar-refractivity contribution in [2.75, 3.05) is 12.0 Å². The summed E-state index contributed by atoms with van der Waals surface area (Å²) >= 11 is 0. The lowest BCUT2D eigenvalue weighted by Crippen LogP contribution is -2.15. The molecule has 0 saturated heterocycles. The van der Waals surface area contributed by atoms with Crippen molar-refractivity contribution in [2.45, 2.75) is 20.5 Å². The lowest BCUT2D eigenvalue weighted by Gasteiger charge is -2.12. The van der Waals surface area contributed by atoms with Gasteiger partial charge in [-0.25, -0.2) is 9.89 Å². The number of hydrazone groups is 1. The van der Waals surface area contributed by atoms with Crippen LogP contribution < -0.4 is 20.6 Å². The van der Waals surface area contributed by atoms with E-state index >= 15 is 0 Å². The molecule has 0 radical (unpaired) electrons. The van der Waals surface area contributed by atoms with Crippen molar-refractivity contribution < 1.29 is 9.47 Å². The standard InChI is InChI=1S/C20H21N5O3/c1-3-27-18-11-16(12-21-24-19-14(2)23-25-20(26)22-19)9-10-17(18)28-13-15-7-5-4-6-8-15/h4-12H,3,13H2,1-2H3,(H2,22,24,25,26)/b21-12+. The molecule has 3 rings (SSSR count). The Bertz CT molecular complexity index is 1000. The van der Waals surface area contributed by atoms with Gasteiger partial charge in [0.05, 0.1) is 12.8 Å². The Kier molecular flexibility index (Phi) is 6.35. The molecule has 8 heteroatoms. The monoisotopic (exact) mass is 379 g/mol. The number of ether oxygens (including phenoxy) is 2. The topological polar surface area (TPSA) is 101 Å². The van der Waals surface area contributed by atoms with E-state index in [1.54, 1.807) is 13.1 Å². The quantitative estimate of drug-likeness (QED) is 0.461. The van der Waals surface area contributed by atoms with Crippen molar-refractivity contribution in [1.82, 2.24) is 15.2 Å². The highest BCUT2D eigenvalue weighted by Crippen LogP contribution is 2.29. The van der Waals surface area contributed by atoms with E-state index in [1.165, 1.54) is 0 Å². The van der Waals surface area contributed by atoms with Gasteiger partial charge in [0, 0.05) is 0 Å². The van der Waals surface area contributed by atoms with E-state index in [2.05, 4.69) is 25.7 Å². The lowest BCUT2D eigenvalue weighted by molar-refractivity contribution is 0.269. The van der Waals surface area contributed by atoms with E-state index in [-0.39, 0.29) is 0 Å². The zero-order chi connectivity index (χ0) is 19.8. The number of nitrogens with one attached hydrogen (secondary N) is 2. The second-order valence-corrected chi connectivity index (χ2v) is 5.86. The van der Waals surface area contributed by atoms with Crippen LogP contribution in [-0.2, 0) is 6.61 Å². The molecule has 0 aliphatic carbocycles. The number of H-pyrrole nitrogens is 1. The number of rotatable bonds is 8. The van der Waals surface area contributed by atoms with Crippen molar-refractivity contribution >= 4 is 12.0 Å². The van der Waals surface area contributed by atoms with Crippen molar-refractivity contribution in [3.05, 3.63) is 75.8 Å². The second kappa shape index (κ2) is 9.31. The number of anilines is 1. The van der Waals surface area contributed by atoms with E-state index in [4.69, 9.17) is 9.47 Å². The predicted octanol–water partition coefficient (Wildman–Crippen LogP) is 2.90. The van der Waals surface area contributed by atoms with Crippen LogP contribution in [0.4, 0.5) is 5.82 Å². The fourth-order valence-electron chi connectivity index (χ4n) is 2.39. The number of nitrogens with zero attached hydrogens (tertiary/aromatic N) is 3. The highest BCUT2D eigenvalue weighted by Gasteiger charge is 2.07. The molecule has 144 valence electrons. The summed E-state index contributed by atoms with van der Waals surface area (Å²) < 4.78 is 11.6. The molecule has 2 aromatic carbocycles. The molecule has 2 N–H and O–H groups in total. The van der Waals surface area contributed by atoms with E-state index in [1.807, 2.05) is 55.5 Å². The molecule has 0 bridgehead atoms. The third-order valence-electron chi connectivity index (χ3n) is 3.76. The van der Waals surface area contributed by atoms with Crippen LogP contribution in [0, 0.1) is 6.92 Å². The summed E-state index contributed by atoms with van der Waals surface area (Å²) in [5.74, 6) is 1.59. The van der Waals surface area contributed by atoms with Gasteiger partial charge in [0.15, 0.2) is 17.3 Å². The van der Waals surface area contributed by atoms with Gasteiger partial charge in [-0.15, -0.1) is 0 Å². The molecule has 0 aliphatic heterocycles. The molecule has 0 amide bonds. The van der Waals surface area contributed by atoms with Gasteiger partial charge in [0.2, 0.25) is 0 Å². The van der Waals surface area contributed by atoms with Crippen molar-refractivity contribution in [3.63, 3.8) is 0 Å². The maximum Gasteiger partial charge on any atom is 0.363 e. The molecular formula is C20H21N5O3. The first kappa shape index (κ1) is 19.1. The Morgan fingerprint density at radius 3 is 2.75 bits per heavy atom. The van der Waals surface area contributed by atoms with Crippen LogP contribution in [0.5, 0.6) is 11.5 Å². The summed E-state index contributed by atoms with van der Waals surface area (Å²) in [6, 6.07) is 15.5. The van der Waals surface area contributed by atoms with Crippen LogP contribution in [0.1, 0.15) is 23.7 Å². The van der Waals surface area contributed by atoms with Crippen LogP contribution in [-0.4, -0.2) is 28.0 Å². The minimum Gasteiger partial charge on any atom is -0.490 e. The molecule has 0 spiro atoms. The first-order chi connectivity index (χ1) is 13.7. The molecule has 0 aliphatic rings. The van der Waals surface area contributed by atoms with Crippen molar-refractivity contribution in [2.24, 2.45) is 5.10 Å². The normalized spacial score (nSPS) is 10.8. The Morgan fingerprint density at radius 2 is 1.96 bits per heavy atom. The molecule has 3 aromatic rings. The van der Waals surface area contributed by atoms with Gasteiger partial charge in [0.1, 0.15) is 12.3 Å². The Balaban J connectivity index is 1.70. The van der Waals surface area contributed by atoms with E-state index in [9.17, 15) is 4.79 Å². The lowest BCUT2D eigenvalue weighted by atomic mass is 10.2. The minimum absolute atomic E-state index is 0.299. The SMILES string of the molecule is CCOc1cc(/C=N/Nc2nc(=O)[nH]nc2C)ccc1OCc1ccccc1. The van der Waals surface area contributed by atoms with Crippen LogP contribution in [0.3, 0.4) is 0 Å². The third-order valence-corrected chi connectivity index (χ3v) is 3.76. The average Bonchev–Trinajstić information content (AvgIpc) is 2.71. The molecule has 8 nitrogen and oxygen atoms in total. The number of aromatic amines is 1. The van der Waals surface area contributed by atoms with Gasteiger partial charge in [0.25, 0.3) is 0 Å². The Labute approximate surface area is 162 Å². The molecule has 0 unspecified atom stereocenters.